The first-order valence-corrected chi connectivity index (χ1v) is 3.90. The number of hydrogen-bond donors (Lipinski definition) is 1. The number of rotatable bonds is 1. The van der Waals surface area contributed by atoms with E-state index in [4.69, 9.17) is 0 Å². The van der Waals surface area contributed by atoms with E-state index in [9.17, 15) is 4.79 Å². The fourth-order valence-corrected chi connectivity index (χ4v) is 0.511. The Kier molecular flexibility index (Phi) is 5.86. The molecule has 0 spiro atoms. The van der Waals surface area contributed by atoms with Crippen molar-refractivity contribution in [1.82, 2.24) is 5.32 Å². The van der Waals surface area contributed by atoms with Crippen LogP contribution >= 0.6 is 0 Å². The Morgan fingerprint density at radius 2 is 1.77 bits per heavy atom. The van der Waals surface area contributed by atoms with Gasteiger partial charge in [0.05, 0.1) is 0 Å². The van der Waals surface area contributed by atoms with Gasteiger partial charge in [-0.15, -0.1) is 0 Å². The summed E-state index contributed by atoms with van der Waals surface area (Å²) in [4.78, 5) is 10.9. The average molecular weight is 173 g/mol. The molecular formula is C11H11NO. The molecule has 0 aromatic heterocycles. The monoisotopic (exact) mass is 173 g/mol. The third-order valence-electron chi connectivity index (χ3n) is 0.908. The molecule has 0 aromatic carbocycles. The molecule has 0 atom stereocenters. The first-order chi connectivity index (χ1) is 6.16. The van der Waals surface area contributed by atoms with E-state index in [1.807, 2.05) is 13.8 Å². The lowest BCUT2D eigenvalue weighted by atomic mass is 10.4. The average Bonchev–Trinajstić information content (AvgIpc) is 2.02. The maximum absolute atomic E-state index is 10.9. The second kappa shape index (κ2) is 6.84. The van der Waals surface area contributed by atoms with E-state index < -0.39 is 0 Å². The Labute approximate surface area is 79.1 Å². The van der Waals surface area contributed by atoms with Crippen LogP contribution in [0.25, 0.3) is 0 Å². The third-order valence-corrected chi connectivity index (χ3v) is 0.908. The molecule has 0 bridgehead atoms. The van der Waals surface area contributed by atoms with Crippen LogP contribution in [0.2, 0.25) is 0 Å². The lowest BCUT2D eigenvalue weighted by Crippen LogP contribution is -2.28. The van der Waals surface area contributed by atoms with Gasteiger partial charge in [-0.25, -0.2) is 0 Å². The van der Waals surface area contributed by atoms with Crippen LogP contribution in [0.3, 0.4) is 0 Å². The van der Waals surface area contributed by atoms with Gasteiger partial charge in [0, 0.05) is 12.0 Å². The predicted molar refractivity (Wildman–Crippen MR) is 52.3 cm³/mol. The summed E-state index contributed by atoms with van der Waals surface area (Å²) in [6.45, 7) is 5.43. The van der Waals surface area contributed by atoms with Gasteiger partial charge in [-0.05, 0) is 44.5 Å². The highest BCUT2D eigenvalue weighted by molar-refractivity contribution is 5.94. The van der Waals surface area contributed by atoms with Gasteiger partial charge in [0.25, 0.3) is 5.91 Å². The summed E-state index contributed by atoms with van der Waals surface area (Å²) < 4.78 is 0. The van der Waals surface area contributed by atoms with E-state index in [1.54, 1.807) is 6.92 Å². The summed E-state index contributed by atoms with van der Waals surface area (Å²) in [5, 5.41) is 2.62. The molecule has 0 unspecified atom stereocenters. The molecule has 0 aromatic rings. The zero-order valence-corrected chi connectivity index (χ0v) is 7.99. The van der Waals surface area contributed by atoms with E-state index in [0.717, 1.165) is 0 Å². The molecule has 1 amide bonds. The van der Waals surface area contributed by atoms with Gasteiger partial charge in [0.1, 0.15) is 0 Å². The lowest BCUT2D eigenvalue weighted by molar-refractivity contribution is -0.116. The molecule has 0 heterocycles. The lowest BCUT2D eigenvalue weighted by Gasteiger charge is -2.01. The molecule has 0 saturated heterocycles. The van der Waals surface area contributed by atoms with Crippen LogP contribution in [-0.4, -0.2) is 11.9 Å². The van der Waals surface area contributed by atoms with Crippen molar-refractivity contribution in [2.75, 3.05) is 0 Å². The highest BCUT2D eigenvalue weighted by atomic mass is 16.1. The molecule has 13 heavy (non-hydrogen) atoms. The van der Waals surface area contributed by atoms with E-state index >= 15 is 0 Å². The SMILES string of the molecule is CC#CC#CC#CC(=O)NC(C)C. The smallest absolute Gasteiger partial charge is 0.297 e. The molecule has 66 valence electrons. The van der Waals surface area contributed by atoms with Crippen molar-refractivity contribution >= 4 is 5.91 Å². The molecule has 0 aliphatic heterocycles. The summed E-state index contributed by atoms with van der Waals surface area (Å²) in [5.41, 5.74) is 0. The van der Waals surface area contributed by atoms with Crippen LogP contribution in [0.15, 0.2) is 0 Å². The van der Waals surface area contributed by atoms with Gasteiger partial charge in [-0.3, -0.25) is 4.79 Å². The Morgan fingerprint density at radius 1 is 1.15 bits per heavy atom. The fraction of sp³-hybridized carbons (Fsp3) is 0.364. The number of carbonyl (C=O) groups is 1. The Hall–Kier alpha value is -1.85. The van der Waals surface area contributed by atoms with Crippen LogP contribution in [0.5, 0.6) is 0 Å². The minimum Gasteiger partial charge on any atom is -0.343 e. The van der Waals surface area contributed by atoms with Crippen molar-refractivity contribution in [2.45, 2.75) is 26.8 Å². The van der Waals surface area contributed by atoms with Crippen molar-refractivity contribution in [3.63, 3.8) is 0 Å². The molecule has 0 aliphatic carbocycles. The van der Waals surface area contributed by atoms with E-state index in [0.29, 0.717) is 0 Å². The number of nitrogens with one attached hydrogen (secondary N) is 1. The molecule has 0 radical (unpaired) electrons. The molecule has 2 heteroatoms. The summed E-state index contributed by atoms with van der Waals surface area (Å²) in [6.07, 6.45) is 0. The van der Waals surface area contributed by atoms with Crippen LogP contribution in [0, 0.1) is 35.5 Å². The van der Waals surface area contributed by atoms with E-state index in [2.05, 4.69) is 40.8 Å². The zero-order chi connectivity index (χ0) is 10.1. The van der Waals surface area contributed by atoms with Gasteiger partial charge in [-0.1, -0.05) is 5.92 Å². The van der Waals surface area contributed by atoms with Crippen molar-refractivity contribution in [1.29, 1.82) is 0 Å². The van der Waals surface area contributed by atoms with Crippen molar-refractivity contribution in [3.05, 3.63) is 0 Å². The van der Waals surface area contributed by atoms with Crippen molar-refractivity contribution in [2.24, 2.45) is 0 Å². The highest BCUT2D eigenvalue weighted by Gasteiger charge is 1.95. The minimum atomic E-state index is -0.311. The summed E-state index contributed by atoms with van der Waals surface area (Å²) in [5.74, 6) is 14.5. The predicted octanol–water partition coefficient (Wildman–Crippen LogP) is 0.541. The summed E-state index contributed by atoms with van der Waals surface area (Å²) in [6, 6.07) is 0.102. The van der Waals surface area contributed by atoms with Gasteiger partial charge in [0.15, 0.2) is 0 Å². The van der Waals surface area contributed by atoms with Crippen LogP contribution < -0.4 is 5.32 Å². The standard InChI is InChI=1S/C11H11NO/c1-4-5-6-7-8-9-11(13)12-10(2)3/h10H,1-3H3,(H,12,13). The molecule has 0 saturated carbocycles. The first-order valence-electron chi connectivity index (χ1n) is 3.90. The number of hydrogen-bond acceptors (Lipinski definition) is 1. The van der Waals surface area contributed by atoms with Crippen LogP contribution in [0.4, 0.5) is 0 Å². The zero-order valence-electron chi connectivity index (χ0n) is 7.99. The first kappa shape index (κ1) is 11.2. The van der Waals surface area contributed by atoms with Gasteiger partial charge in [-0.2, -0.15) is 0 Å². The van der Waals surface area contributed by atoms with Gasteiger partial charge in [0.2, 0.25) is 0 Å². The highest BCUT2D eigenvalue weighted by Crippen LogP contribution is 1.74. The molecule has 1 N–H and O–H groups in total. The van der Waals surface area contributed by atoms with E-state index in [1.165, 1.54) is 0 Å². The van der Waals surface area contributed by atoms with Crippen molar-refractivity contribution < 1.29 is 4.79 Å². The fourth-order valence-electron chi connectivity index (χ4n) is 0.511. The molecule has 0 fully saturated rings. The Bertz CT molecular complexity index is 347. The molecule has 0 aliphatic rings. The normalized spacial score (nSPS) is 6.77. The third kappa shape index (κ3) is 8.05. The van der Waals surface area contributed by atoms with Crippen LogP contribution in [-0.2, 0) is 4.79 Å². The quantitative estimate of drug-likeness (QED) is 0.576. The van der Waals surface area contributed by atoms with Gasteiger partial charge >= 0.3 is 0 Å². The van der Waals surface area contributed by atoms with E-state index in [-0.39, 0.29) is 11.9 Å². The second-order valence-electron chi connectivity index (χ2n) is 2.50. The molecular weight excluding hydrogens is 162 g/mol. The topological polar surface area (TPSA) is 29.1 Å². The van der Waals surface area contributed by atoms with Crippen LogP contribution in [0.1, 0.15) is 20.8 Å². The second-order valence-corrected chi connectivity index (χ2v) is 2.50. The number of carbonyl (C=O) groups excluding carboxylic acids is 1. The minimum absolute atomic E-state index is 0.102. The Balaban J connectivity index is 4.04. The maximum atomic E-state index is 10.9. The number of amides is 1. The summed E-state index contributed by atoms with van der Waals surface area (Å²) >= 11 is 0. The largest absolute Gasteiger partial charge is 0.343 e. The van der Waals surface area contributed by atoms with Gasteiger partial charge < -0.3 is 5.32 Å². The summed E-state index contributed by atoms with van der Waals surface area (Å²) in [7, 11) is 0. The molecule has 2 nitrogen and oxygen atoms in total. The Morgan fingerprint density at radius 3 is 2.31 bits per heavy atom. The molecule has 0 rings (SSSR count). The maximum Gasteiger partial charge on any atom is 0.297 e. The van der Waals surface area contributed by atoms with Crippen molar-refractivity contribution in [3.8, 4) is 35.5 Å².